The van der Waals surface area contributed by atoms with Gasteiger partial charge in [-0.2, -0.15) is 0 Å². The van der Waals surface area contributed by atoms with Crippen molar-refractivity contribution in [3.63, 3.8) is 0 Å². The molecule has 9 heteroatoms. The molecule has 7 rings (SSSR count). The Morgan fingerprint density at radius 1 is 1.09 bits per heavy atom. The first-order valence-corrected chi connectivity index (χ1v) is 15.6. The number of ketones is 2. The molecule has 2 aromatic carbocycles. The highest BCUT2D eigenvalue weighted by molar-refractivity contribution is 6.01. The van der Waals surface area contributed by atoms with Gasteiger partial charge in [-0.05, 0) is 85.4 Å². The van der Waals surface area contributed by atoms with Crippen LogP contribution in [0, 0.1) is 34.4 Å². The Morgan fingerprint density at radius 3 is 2.51 bits per heavy atom. The molecule has 45 heavy (non-hydrogen) atoms. The van der Waals surface area contributed by atoms with E-state index in [9.17, 15) is 24.6 Å². The summed E-state index contributed by atoms with van der Waals surface area (Å²) in [5.74, 6) is -2.33. The largest absolute Gasteiger partial charge is 0.478 e. The first-order valence-electron chi connectivity index (χ1n) is 15.6. The van der Waals surface area contributed by atoms with Crippen LogP contribution in [-0.2, 0) is 25.5 Å². The van der Waals surface area contributed by atoms with Gasteiger partial charge in [-0.3, -0.25) is 9.59 Å². The van der Waals surface area contributed by atoms with Gasteiger partial charge in [0.05, 0.1) is 17.8 Å². The smallest absolute Gasteiger partial charge is 0.335 e. The Hall–Kier alpha value is -3.50. The molecule has 1 heterocycles. The second kappa shape index (κ2) is 10.5. The molecule has 4 aliphatic carbocycles. The number of carbonyl (C=O) groups is 3. The second-order valence-electron chi connectivity index (χ2n) is 13.9. The zero-order valence-corrected chi connectivity index (χ0v) is 25.2. The van der Waals surface area contributed by atoms with Crippen molar-refractivity contribution in [1.29, 1.82) is 0 Å². The standard InChI is InChI=1S/C36H37FO8/c1-34-12-11-23(39)15-22(34)8-10-24-26-16-30-36(29(41)18-38,35(26,2)17-28(40)31(24)34)45-33(44-30)25-9-5-20(14-27(25)37)13-19-3-6-21(7-4-19)32(42)43/h3-7,9,11-12,14-15,24,26,28,30-31,33,38,40H,8,10,13,16-18H2,1-2H3,(H,42,43)/t24-,26?,28-,30+,31?,33+,34-,35-,36+/m0/s1. The Labute approximate surface area is 260 Å². The number of halogens is 1. The molecule has 4 fully saturated rings. The third-order valence-electron chi connectivity index (χ3n) is 11.7. The Kier molecular flexibility index (Phi) is 7.05. The predicted octanol–water partition coefficient (Wildman–Crippen LogP) is 4.72. The van der Waals surface area contributed by atoms with E-state index in [0.717, 1.165) is 17.6 Å². The second-order valence-corrected chi connectivity index (χ2v) is 13.9. The highest BCUT2D eigenvalue weighted by atomic mass is 19.1. The maximum absolute atomic E-state index is 15.7. The molecule has 8 nitrogen and oxygen atoms in total. The predicted molar refractivity (Wildman–Crippen MR) is 160 cm³/mol. The number of aliphatic hydroxyl groups excluding tert-OH is 2. The summed E-state index contributed by atoms with van der Waals surface area (Å²) in [6.45, 7) is 3.26. The van der Waals surface area contributed by atoms with Gasteiger partial charge in [-0.15, -0.1) is 0 Å². The number of fused-ring (bicyclic) bond motifs is 7. The van der Waals surface area contributed by atoms with E-state index in [1.165, 1.54) is 18.2 Å². The number of carboxylic acids is 1. The van der Waals surface area contributed by atoms with Crippen LogP contribution < -0.4 is 0 Å². The van der Waals surface area contributed by atoms with Gasteiger partial charge in [0.1, 0.15) is 12.4 Å². The normalized spacial score (nSPS) is 38.2. The highest BCUT2D eigenvalue weighted by Crippen LogP contribution is 2.70. The van der Waals surface area contributed by atoms with Crippen LogP contribution in [-0.4, -0.2) is 57.3 Å². The number of hydrogen-bond donors (Lipinski definition) is 3. The van der Waals surface area contributed by atoms with Crippen LogP contribution in [0.1, 0.15) is 72.9 Å². The van der Waals surface area contributed by atoms with E-state index >= 15 is 4.39 Å². The minimum Gasteiger partial charge on any atom is -0.478 e. The van der Waals surface area contributed by atoms with Crippen LogP contribution in [0.25, 0.3) is 0 Å². The maximum atomic E-state index is 15.7. The molecule has 236 valence electrons. The van der Waals surface area contributed by atoms with E-state index in [1.807, 2.05) is 13.0 Å². The number of allylic oxidation sites excluding steroid dienone is 4. The van der Waals surface area contributed by atoms with Gasteiger partial charge >= 0.3 is 5.97 Å². The fourth-order valence-electron chi connectivity index (χ4n) is 9.70. The lowest BCUT2D eigenvalue weighted by Gasteiger charge is -2.59. The molecule has 5 aliphatic rings. The lowest BCUT2D eigenvalue weighted by Crippen LogP contribution is -2.63. The van der Waals surface area contributed by atoms with Gasteiger partial charge in [0.15, 0.2) is 23.5 Å². The number of Topliss-reactive ketones (excluding diaryl/α,β-unsaturated/α-hetero) is 1. The number of aliphatic hydroxyl groups is 2. The van der Waals surface area contributed by atoms with E-state index in [-0.39, 0.29) is 41.1 Å². The number of rotatable bonds is 6. The fraction of sp³-hybridized carbons (Fsp3) is 0.472. The van der Waals surface area contributed by atoms with Crippen molar-refractivity contribution in [2.45, 2.75) is 70.1 Å². The van der Waals surface area contributed by atoms with Crippen molar-refractivity contribution in [2.24, 2.45) is 28.6 Å². The van der Waals surface area contributed by atoms with Gasteiger partial charge < -0.3 is 24.8 Å². The average Bonchev–Trinajstić information content (AvgIpc) is 3.50. The van der Waals surface area contributed by atoms with Crippen LogP contribution in [0.3, 0.4) is 0 Å². The first kappa shape index (κ1) is 30.2. The first-order chi connectivity index (χ1) is 21.4. The van der Waals surface area contributed by atoms with E-state index in [2.05, 4.69) is 6.92 Å². The van der Waals surface area contributed by atoms with Crippen LogP contribution >= 0.6 is 0 Å². The van der Waals surface area contributed by atoms with Crippen LogP contribution in [0.2, 0.25) is 0 Å². The molecule has 1 aliphatic heterocycles. The SMILES string of the molecule is C[C@]12C=CC(=O)C=C1CC[C@@H]1C2[C@@H](O)C[C@@]2(C)C1C[C@H]1O[C@@H](c3ccc(Cc4ccc(C(=O)O)cc4)cc3F)O[C@]12C(=O)CO. The van der Waals surface area contributed by atoms with Crippen molar-refractivity contribution in [1.82, 2.24) is 0 Å². The number of aromatic carboxylic acids is 1. The molecule has 0 spiro atoms. The molecule has 2 unspecified atom stereocenters. The molecule has 0 amide bonds. The molecular formula is C36H37FO8. The number of carbonyl (C=O) groups excluding carboxylic acids is 2. The van der Waals surface area contributed by atoms with Crippen LogP contribution in [0.15, 0.2) is 66.3 Å². The van der Waals surface area contributed by atoms with E-state index in [4.69, 9.17) is 14.6 Å². The number of ether oxygens (including phenoxy) is 2. The zero-order valence-electron chi connectivity index (χ0n) is 25.2. The van der Waals surface area contributed by atoms with Crippen molar-refractivity contribution < 1.29 is 43.6 Å². The number of hydrogen-bond acceptors (Lipinski definition) is 7. The average molecular weight is 617 g/mol. The topological polar surface area (TPSA) is 130 Å². The van der Waals surface area contributed by atoms with Crippen molar-refractivity contribution in [3.05, 3.63) is 94.3 Å². The third kappa shape index (κ3) is 4.35. The summed E-state index contributed by atoms with van der Waals surface area (Å²) >= 11 is 0. The van der Waals surface area contributed by atoms with Gasteiger partial charge in [-0.25, -0.2) is 9.18 Å². The summed E-state index contributed by atoms with van der Waals surface area (Å²) < 4.78 is 28.6. The van der Waals surface area contributed by atoms with E-state index in [1.54, 1.807) is 36.4 Å². The van der Waals surface area contributed by atoms with Crippen LogP contribution in [0.4, 0.5) is 4.39 Å². The fourth-order valence-corrected chi connectivity index (χ4v) is 9.70. The summed E-state index contributed by atoms with van der Waals surface area (Å²) in [6, 6.07) is 11.1. The molecule has 0 bridgehead atoms. The van der Waals surface area contributed by atoms with Gasteiger partial charge in [0.2, 0.25) is 0 Å². The summed E-state index contributed by atoms with van der Waals surface area (Å²) in [5, 5.41) is 31.1. The lowest BCUT2D eigenvalue weighted by molar-refractivity contribution is -0.201. The maximum Gasteiger partial charge on any atom is 0.335 e. The number of carboxylic acid groups (broad SMARTS) is 1. The third-order valence-corrected chi connectivity index (χ3v) is 11.7. The quantitative estimate of drug-likeness (QED) is 0.425. The van der Waals surface area contributed by atoms with Crippen molar-refractivity contribution in [2.75, 3.05) is 6.61 Å². The summed E-state index contributed by atoms with van der Waals surface area (Å²) in [6.07, 6.45) is 5.06. The minimum absolute atomic E-state index is 0.0268. The molecule has 0 aromatic heterocycles. The molecule has 1 saturated heterocycles. The summed E-state index contributed by atoms with van der Waals surface area (Å²) in [5.41, 5.74) is -0.0716. The Morgan fingerprint density at radius 2 is 1.82 bits per heavy atom. The Bertz CT molecular complexity index is 1650. The highest BCUT2D eigenvalue weighted by Gasteiger charge is 2.76. The number of benzene rings is 2. The van der Waals surface area contributed by atoms with Gasteiger partial charge in [-0.1, -0.05) is 49.8 Å². The molecule has 3 N–H and O–H groups in total. The van der Waals surface area contributed by atoms with E-state index < -0.39 is 59.1 Å². The van der Waals surface area contributed by atoms with Gasteiger partial charge in [0, 0.05) is 22.3 Å². The minimum atomic E-state index is -1.56. The zero-order chi connectivity index (χ0) is 31.9. The molecule has 3 saturated carbocycles. The van der Waals surface area contributed by atoms with Crippen molar-refractivity contribution in [3.8, 4) is 0 Å². The summed E-state index contributed by atoms with van der Waals surface area (Å²) in [4.78, 5) is 37.0. The summed E-state index contributed by atoms with van der Waals surface area (Å²) in [7, 11) is 0. The molecule has 2 aromatic rings. The van der Waals surface area contributed by atoms with Gasteiger partial charge in [0.25, 0.3) is 0 Å². The molecular weight excluding hydrogens is 579 g/mol. The molecule has 9 atom stereocenters. The Balaban J connectivity index is 1.17. The monoisotopic (exact) mass is 616 g/mol. The molecule has 0 radical (unpaired) electrons. The van der Waals surface area contributed by atoms with E-state index in [0.29, 0.717) is 24.8 Å². The van der Waals surface area contributed by atoms with Crippen LogP contribution in [0.5, 0.6) is 0 Å². The van der Waals surface area contributed by atoms with Crippen molar-refractivity contribution >= 4 is 17.5 Å². The lowest BCUT2D eigenvalue weighted by atomic mass is 9.46.